The van der Waals surface area contributed by atoms with Crippen LogP contribution in [0.2, 0.25) is 12.6 Å². The van der Waals surface area contributed by atoms with E-state index in [9.17, 15) is 0 Å². The number of allylic oxidation sites excluding steroid dienone is 5. The molecule has 0 radical (unpaired) electrons. The van der Waals surface area contributed by atoms with Crippen LogP contribution in [0.15, 0.2) is 58.3 Å². The van der Waals surface area contributed by atoms with Crippen LogP contribution in [0.3, 0.4) is 0 Å². The van der Waals surface area contributed by atoms with Gasteiger partial charge in [0.2, 0.25) is 0 Å². The molecule has 0 spiro atoms. The number of fused-ring (bicyclic) bond motifs is 1. The summed E-state index contributed by atoms with van der Waals surface area (Å²) < 4.78 is 0. The van der Waals surface area contributed by atoms with Gasteiger partial charge in [0, 0.05) is 5.54 Å². The maximum absolute atomic E-state index is 2.78. The Bertz CT molecular complexity index is 1440. The molecule has 0 saturated carbocycles. The monoisotopic (exact) mass is 594 g/mol. The normalized spacial score (nSPS) is 20.7. The second-order valence-electron chi connectivity index (χ2n) is 16.6. The fraction of sp³-hybridized carbons (Fsp3) is 0.571. The lowest BCUT2D eigenvalue weighted by Gasteiger charge is -2.42. The first-order chi connectivity index (χ1) is 20.0. The largest absolute Gasteiger partial charge is 0.0918 e. The molecule has 43 heavy (non-hydrogen) atoms. The van der Waals surface area contributed by atoms with Crippen LogP contribution in [0, 0.1) is 5.92 Å². The number of hydrogen-bond acceptors (Lipinski definition) is 0. The van der Waals surface area contributed by atoms with Crippen LogP contribution >= 0.6 is 0 Å². The Labute approximate surface area is 267 Å². The SMILES string of the molecule is CCCCCC[Si](C)(C1=C(C)C(C)=C(C)C1C)C1C(c2ccc(C(C)(C)C)c(C(C)C)c2C(C)(C)C)=Cc2ccccc21. The van der Waals surface area contributed by atoms with Gasteiger partial charge in [0.1, 0.15) is 0 Å². The van der Waals surface area contributed by atoms with E-state index in [0.29, 0.717) is 17.4 Å². The molecule has 0 bridgehead atoms. The summed E-state index contributed by atoms with van der Waals surface area (Å²) in [5.41, 5.74) is 16.2. The number of hydrogen-bond donors (Lipinski definition) is 0. The Morgan fingerprint density at radius 1 is 0.814 bits per heavy atom. The van der Waals surface area contributed by atoms with Crippen LogP contribution < -0.4 is 0 Å². The van der Waals surface area contributed by atoms with Crippen molar-refractivity contribution >= 4 is 19.7 Å². The summed E-state index contributed by atoms with van der Waals surface area (Å²) in [4.78, 5) is 0. The minimum absolute atomic E-state index is 0.0417. The fourth-order valence-corrected chi connectivity index (χ4v) is 14.8. The van der Waals surface area contributed by atoms with Gasteiger partial charge >= 0.3 is 0 Å². The highest BCUT2D eigenvalue weighted by molar-refractivity contribution is 6.88. The Morgan fingerprint density at radius 3 is 2.00 bits per heavy atom. The molecule has 0 aromatic heterocycles. The van der Waals surface area contributed by atoms with Crippen molar-refractivity contribution in [2.45, 2.75) is 151 Å². The molecule has 1 heteroatoms. The van der Waals surface area contributed by atoms with Crippen molar-refractivity contribution in [2.75, 3.05) is 0 Å². The molecule has 0 saturated heterocycles. The summed E-state index contributed by atoms with van der Waals surface area (Å²) in [6.45, 7) is 34.2. The molecule has 4 rings (SSSR count). The zero-order valence-corrected chi connectivity index (χ0v) is 31.3. The number of rotatable bonds is 9. The van der Waals surface area contributed by atoms with Crippen molar-refractivity contribution in [2.24, 2.45) is 5.92 Å². The van der Waals surface area contributed by atoms with Gasteiger partial charge in [-0.15, -0.1) is 0 Å². The molecule has 0 nitrogen and oxygen atoms in total. The molecule has 234 valence electrons. The second kappa shape index (κ2) is 12.3. The van der Waals surface area contributed by atoms with Crippen molar-refractivity contribution in [1.82, 2.24) is 0 Å². The highest BCUT2D eigenvalue weighted by Gasteiger charge is 2.49. The molecule has 0 amide bonds. The number of unbranched alkanes of at least 4 members (excludes halogenated alkanes) is 3. The van der Waals surface area contributed by atoms with E-state index in [2.05, 4.69) is 139 Å². The van der Waals surface area contributed by atoms with Crippen molar-refractivity contribution in [3.05, 3.63) is 91.7 Å². The lowest BCUT2D eigenvalue weighted by molar-refractivity contribution is 0.545. The third-order valence-electron chi connectivity index (χ3n) is 11.1. The molecule has 0 N–H and O–H groups in total. The zero-order chi connectivity index (χ0) is 32.1. The minimum atomic E-state index is -2.05. The first-order valence-electron chi connectivity index (χ1n) is 17.3. The van der Waals surface area contributed by atoms with E-state index in [1.807, 2.05) is 5.20 Å². The Morgan fingerprint density at radius 2 is 1.47 bits per heavy atom. The van der Waals surface area contributed by atoms with Gasteiger partial charge in [-0.2, -0.15) is 0 Å². The standard InChI is InChI=1S/C42H62Si/c1-15-16-17-20-25-43(14,39-30(6)28(4)29(5)31(39)7)40-33-22-19-18-21-32(33)26-35(40)34-23-24-36(41(8,9)10)37(27(2)3)38(34)42(11,12)13/h18-19,21-24,26-27,30,40H,15-17,20,25H2,1-14H3. The van der Waals surface area contributed by atoms with Crippen LogP contribution in [0.25, 0.3) is 11.6 Å². The Balaban J connectivity index is 2.05. The molecular weight excluding hydrogens is 533 g/mol. The molecule has 2 aromatic rings. The van der Waals surface area contributed by atoms with Crippen molar-refractivity contribution in [3.8, 4) is 0 Å². The van der Waals surface area contributed by atoms with Crippen LogP contribution in [0.4, 0.5) is 0 Å². The van der Waals surface area contributed by atoms with Gasteiger partial charge in [0.25, 0.3) is 0 Å². The van der Waals surface area contributed by atoms with Gasteiger partial charge in [-0.25, -0.2) is 0 Å². The molecule has 2 aliphatic carbocycles. The zero-order valence-electron chi connectivity index (χ0n) is 30.3. The first kappa shape index (κ1) is 33.8. The van der Waals surface area contributed by atoms with Gasteiger partial charge < -0.3 is 0 Å². The highest BCUT2D eigenvalue weighted by atomic mass is 28.3. The predicted octanol–water partition coefficient (Wildman–Crippen LogP) is 13.1. The minimum Gasteiger partial charge on any atom is -0.0698 e. The van der Waals surface area contributed by atoms with Crippen LogP contribution in [-0.2, 0) is 10.8 Å². The predicted molar refractivity (Wildman–Crippen MR) is 196 cm³/mol. The summed E-state index contributed by atoms with van der Waals surface area (Å²) in [6, 6.07) is 15.8. The van der Waals surface area contributed by atoms with Gasteiger partial charge in [-0.05, 0) is 88.0 Å². The molecular formula is C42H62Si. The van der Waals surface area contributed by atoms with Crippen molar-refractivity contribution in [1.29, 1.82) is 0 Å². The van der Waals surface area contributed by atoms with E-state index in [-0.39, 0.29) is 10.8 Å². The third kappa shape index (κ3) is 6.10. The molecule has 3 unspecified atom stereocenters. The lowest BCUT2D eigenvalue weighted by atomic mass is 9.70. The van der Waals surface area contributed by atoms with Gasteiger partial charge in [0.05, 0.1) is 8.07 Å². The van der Waals surface area contributed by atoms with Gasteiger partial charge in [-0.1, -0.05) is 166 Å². The van der Waals surface area contributed by atoms with E-state index in [1.54, 1.807) is 39.0 Å². The molecule has 2 aromatic carbocycles. The molecule has 3 atom stereocenters. The maximum Gasteiger partial charge on any atom is 0.0918 e. The van der Waals surface area contributed by atoms with Crippen LogP contribution in [0.1, 0.15) is 161 Å². The molecule has 0 heterocycles. The summed E-state index contributed by atoms with van der Waals surface area (Å²) in [7, 11) is -2.05. The van der Waals surface area contributed by atoms with Crippen LogP contribution in [0.5, 0.6) is 0 Å². The Hall–Kier alpha value is -2.12. The summed E-state index contributed by atoms with van der Waals surface area (Å²) >= 11 is 0. The molecule has 0 fully saturated rings. The summed E-state index contributed by atoms with van der Waals surface area (Å²) in [6.07, 6.45) is 7.95. The van der Waals surface area contributed by atoms with Gasteiger partial charge in [-0.3, -0.25) is 0 Å². The van der Waals surface area contributed by atoms with E-state index in [4.69, 9.17) is 0 Å². The molecule has 0 aliphatic heterocycles. The maximum atomic E-state index is 2.78. The fourth-order valence-electron chi connectivity index (χ4n) is 8.81. The number of benzene rings is 2. The summed E-state index contributed by atoms with van der Waals surface area (Å²) in [5.74, 6) is 1.02. The summed E-state index contributed by atoms with van der Waals surface area (Å²) in [5, 5.41) is 1.83. The Kier molecular flexibility index (Phi) is 9.69. The van der Waals surface area contributed by atoms with E-state index < -0.39 is 8.07 Å². The van der Waals surface area contributed by atoms with Crippen LogP contribution in [-0.4, -0.2) is 8.07 Å². The van der Waals surface area contributed by atoms with E-state index >= 15 is 0 Å². The smallest absolute Gasteiger partial charge is 0.0698 e. The topological polar surface area (TPSA) is 0 Å². The van der Waals surface area contributed by atoms with Gasteiger partial charge in [0.15, 0.2) is 0 Å². The highest BCUT2D eigenvalue weighted by Crippen LogP contribution is 2.57. The first-order valence-corrected chi connectivity index (χ1v) is 20.1. The van der Waals surface area contributed by atoms with Crippen molar-refractivity contribution < 1.29 is 0 Å². The average molecular weight is 595 g/mol. The third-order valence-corrected chi connectivity index (χ3v) is 16.4. The molecule has 2 aliphatic rings. The lowest BCUT2D eigenvalue weighted by Crippen LogP contribution is -2.43. The van der Waals surface area contributed by atoms with E-state index in [1.165, 1.54) is 48.4 Å². The second-order valence-corrected chi connectivity index (χ2v) is 21.0. The quantitative estimate of drug-likeness (QED) is 0.200. The average Bonchev–Trinajstić information content (AvgIpc) is 3.41. The van der Waals surface area contributed by atoms with Crippen molar-refractivity contribution in [3.63, 3.8) is 0 Å². The van der Waals surface area contributed by atoms with E-state index in [0.717, 1.165) is 0 Å².